The lowest BCUT2D eigenvalue weighted by Gasteiger charge is -2.30. The summed E-state index contributed by atoms with van der Waals surface area (Å²) in [5.41, 5.74) is 2.16. The van der Waals surface area contributed by atoms with Crippen molar-refractivity contribution < 1.29 is 13.2 Å². The van der Waals surface area contributed by atoms with Crippen LogP contribution >= 0.6 is 0 Å². The van der Waals surface area contributed by atoms with Gasteiger partial charge in [-0.05, 0) is 49.7 Å². The smallest absolute Gasteiger partial charge is 0.236 e. The molecule has 1 aliphatic carbocycles. The highest BCUT2D eigenvalue weighted by molar-refractivity contribution is 7.92. The molecule has 1 aliphatic heterocycles. The summed E-state index contributed by atoms with van der Waals surface area (Å²) in [5, 5.41) is 6.61. The highest BCUT2D eigenvalue weighted by atomic mass is 32.2. The van der Waals surface area contributed by atoms with E-state index in [1.54, 1.807) is 11.4 Å². The molecular formula is C22H36N4O3S. The van der Waals surface area contributed by atoms with E-state index in [-0.39, 0.29) is 11.2 Å². The standard InChI is InChI=1S/C22H36N4O3S/c1-3-29-16-13-22(11-6-7-12-22)18-25-21(23-2)24-14-17-30(27,28)26-15-10-19-8-4-5-9-20(19)26/h4-5,8-9H,3,6-7,10-18H2,1-2H3,(H2,23,24,25). The van der Waals surface area contributed by atoms with Gasteiger partial charge >= 0.3 is 0 Å². The molecule has 0 spiro atoms. The van der Waals surface area contributed by atoms with E-state index in [2.05, 4.69) is 15.6 Å². The summed E-state index contributed by atoms with van der Waals surface area (Å²) in [5.74, 6) is 0.701. The van der Waals surface area contributed by atoms with E-state index in [0.29, 0.717) is 19.0 Å². The molecule has 1 fully saturated rings. The molecule has 0 atom stereocenters. The first kappa shape index (κ1) is 22.9. The van der Waals surface area contributed by atoms with Crippen LogP contribution in [-0.2, 0) is 21.2 Å². The molecule has 2 N–H and O–H groups in total. The molecule has 1 aromatic rings. The molecule has 1 aromatic carbocycles. The average molecular weight is 437 g/mol. The Labute approximate surface area is 181 Å². The minimum atomic E-state index is -3.36. The minimum Gasteiger partial charge on any atom is -0.382 e. The summed E-state index contributed by atoms with van der Waals surface area (Å²) < 4.78 is 32.8. The number of rotatable bonds is 10. The van der Waals surface area contributed by atoms with Gasteiger partial charge in [0.05, 0.1) is 11.4 Å². The van der Waals surface area contributed by atoms with Crippen LogP contribution in [0.25, 0.3) is 0 Å². The van der Waals surface area contributed by atoms with Crippen LogP contribution in [-0.4, -0.2) is 60.0 Å². The van der Waals surface area contributed by atoms with Gasteiger partial charge in [0, 0.05) is 39.9 Å². The maximum Gasteiger partial charge on any atom is 0.236 e. The van der Waals surface area contributed by atoms with Crippen LogP contribution in [0.15, 0.2) is 29.3 Å². The van der Waals surface area contributed by atoms with E-state index in [4.69, 9.17) is 4.74 Å². The molecule has 0 amide bonds. The second-order valence-electron chi connectivity index (χ2n) is 8.27. The number of ether oxygens (including phenoxy) is 1. The Bertz CT molecular complexity index is 819. The van der Waals surface area contributed by atoms with Gasteiger partial charge in [0.1, 0.15) is 0 Å². The number of benzene rings is 1. The predicted octanol–water partition coefficient (Wildman–Crippen LogP) is 2.53. The second-order valence-corrected chi connectivity index (χ2v) is 10.3. The number of fused-ring (bicyclic) bond motifs is 1. The summed E-state index contributed by atoms with van der Waals surface area (Å²) in [6.45, 7) is 5.26. The van der Waals surface area contributed by atoms with E-state index in [1.807, 2.05) is 31.2 Å². The van der Waals surface area contributed by atoms with Gasteiger partial charge in [-0.25, -0.2) is 8.42 Å². The van der Waals surface area contributed by atoms with Crippen LogP contribution < -0.4 is 14.9 Å². The number of hydrogen-bond donors (Lipinski definition) is 2. The largest absolute Gasteiger partial charge is 0.382 e. The van der Waals surface area contributed by atoms with Gasteiger partial charge in [0.15, 0.2) is 5.96 Å². The van der Waals surface area contributed by atoms with E-state index in [9.17, 15) is 8.42 Å². The zero-order valence-corrected chi connectivity index (χ0v) is 19.1. The fourth-order valence-corrected chi connectivity index (χ4v) is 6.00. The molecule has 1 heterocycles. The van der Waals surface area contributed by atoms with Crippen LogP contribution in [0.3, 0.4) is 0 Å². The quantitative estimate of drug-likeness (QED) is 0.335. The fourth-order valence-electron chi connectivity index (χ4n) is 4.57. The second kappa shape index (κ2) is 10.5. The number of para-hydroxylation sites is 1. The summed E-state index contributed by atoms with van der Waals surface area (Å²) >= 11 is 0. The molecule has 0 saturated heterocycles. The highest BCUT2D eigenvalue weighted by Crippen LogP contribution is 2.40. The number of nitrogens with one attached hydrogen (secondary N) is 2. The number of nitrogens with zero attached hydrogens (tertiary/aromatic N) is 2. The van der Waals surface area contributed by atoms with Gasteiger partial charge in [0.25, 0.3) is 0 Å². The van der Waals surface area contributed by atoms with E-state index in [1.165, 1.54) is 25.7 Å². The number of aliphatic imine (C=N–C) groups is 1. The van der Waals surface area contributed by atoms with E-state index in [0.717, 1.165) is 43.9 Å². The molecule has 0 aromatic heterocycles. The summed E-state index contributed by atoms with van der Waals surface area (Å²) in [4.78, 5) is 4.28. The Morgan fingerprint density at radius 1 is 1.23 bits per heavy atom. The Hall–Kier alpha value is -1.80. The summed E-state index contributed by atoms with van der Waals surface area (Å²) in [7, 11) is -1.64. The van der Waals surface area contributed by atoms with Crippen molar-refractivity contribution in [3.8, 4) is 0 Å². The van der Waals surface area contributed by atoms with Gasteiger partial charge in [0.2, 0.25) is 10.0 Å². The van der Waals surface area contributed by atoms with Crippen molar-refractivity contribution >= 4 is 21.7 Å². The molecule has 168 valence electrons. The number of anilines is 1. The van der Waals surface area contributed by atoms with Crippen LogP contribution in [0, 0.1) is 5.41 Å². The molecule has 8 heteroatoms. The van der Waals surface area contributed by atoms with Crippen LogP contribution in [0.5, 0.6) is 0 Å². The van der Waals surface area contributed by atoms with Crippen molar-refractivity contribution in [3.63, 3.8) is 0 Å². The number of sulfonamides is 1. The molecule has 2 aliphatic rings. The van der Waals surface area contributed by atoms with Gasteiger partial charge < -0.3 is 15.4 Å². The predicted molar refractivity (Wildman–Crippen MR) is 123 cm³/mol. The topological polar surface area (TPSA) is 83.0 Å². The van der Waals surface area contributed by atoms with Crippen LogP contribution in [0.4, 0.5) is 5.69 Å². The van der Waals surface area contributed by atoms with Crippen molar-refractivity contribution in [3.05, 3.63) is 29.8 Å². The molecule has 30 heavy (non-hydrogen) atoms. The third kappa shape index (κ3) is 5.66. The van der Waals surface area contributed by atoms with Gasteiger partial charge in [-0.2, -0.15) is 0 Å². The van der Waals surface area contributed by atoms with Gasteiger partial charge in [-0.3, -0.25) is 9.30 Å². The average Bonchev–Trinajstić information content (AvgIpc) is 3.38. The van der Waals surface area contributed by atoms with Gasteiger partial charge in [-0.15, -0.1) is 0 Å². The maximum absolute atomic E-state index is 12.8. The Kier molecular flexibility index (Phi) is 7.99. The zero-order valence-electron chi connectivity index (χ0n) is 18.3. The summed E-state index contributed by atoms with van der Waals surface area (Å²) in [6, 6.07) is 7.73. The Morgan fingerprint density at radius 3 is 2.73 bits per heavy atom. The third-order valence-electron chi connectivity index (χ3n) is 6.33. The van der Waals surface area contributed by atoms with Crippen LogP contribution in [0.1, 0.15) is 44.6 Å². The van der Waals surface area contributed by atoms with Crippen LogP contribution in [0.2, 0.25) is 0 Å². The van der Waals surface area contributed by atoms with E-state index < -0.39 is 10.0 Å². The zero-order chi connectivity index (χ0) is 21.5. The molecule has 3 rings (SSSR count). The Balaban J connectivity index is 1.48. The SMILES string of the molecule is CCOCCC1(CNC(=NC)NCCS(=O)(=O)N2CCc3ccccc32)CCCC1. The van der Waals surface area contributed by atoms with E-state index >= 15 is 0 Å². The highest BCUT2D eigenvalue weighted by Gasteiger charge is 2.33. The lowest BCUT2D eigenvalue weighted by Crippen LogP contribution is -2.45. The maximum atomic E-state index is 12.8. The van der Waals surface area contributed by atoms with Crippen molar-refractivity contribution in [2.45, 2.75) is 45.4 Å². The normalized spacial score (nSPS) is 18.5. The monoisotopic (exact) mass is 436 g/mol. The molecule has 0 radical (unpaired) electrons. The number of guanidine groups is 1. The molecule has 7 nitrogen and oxygen atoms in total. The van der Waals surface area contributed by atoms with Gasteiger partial charge in [-0.1, -0.05) is 31.0 Å². The first-order chi connectivity index (χ1) is 14.5. The molecule has 0 bridgehead atoms. The first-order valence-electron chi connectivity index (χ1n) is 11.1. The molecule has 0 unspecified atom stereocenters. The number of hydrogen-bond acceptors (Lipinski definition) is 4. The van der Waals surface area contributed by atoms with Crippen molar-refractivity contribution in [1.29, 1.82) is 0 Å². The lowest BCUT2D eigenvalue weighted by molar-refractivity contribution is 0.105. The lowest BCUT2D eigenvalue weighted by atomic mass is 9.83. The van der Waals surface area contributed by atoms with Crippen molar-refractivity contribution in [2.24, 2.45) is 10.4 Å². The first-order valence-corrected chi connectivity index (χ1v) is 12.7. The Morgan fingerprint density at radius 2 is 2.00 bits per heavy atom. The third-order valence-corrected chi connectivity index (χ3v) is 8.10. The molecular weight excluding hydrogens is 400 g/mol. The van der Waals surface area contributed by atoms with Crippen molar-refractivity contribution in [1.82, 2.24) is 10.6 Å². The fraction of sp³-hybridized carbons (Fsp3) is 0.682. The minimum absolute atomic E-state index is 0.0392. The van der Waals surface area contributed by atoms with Crippen molar-refractivity contribution in [2.75, 3.05) is 50.0 Å². The molecule has 1 saturated carbocycles. The summed E-state index contributed by atoms with van der Waals surface area (Å²) in [6.07, 6.45) is 6.74.